The number of aromatic nitrogens is 2. The third-order valence-electron chi connectivity index (χ3n) is 2.80. The van der Waals surface area contributed by atoms with Crippen molar-refractivity contribution in [2.45, 2.75) is 6.92 Å². The maximum atomic E-state index is 11.3. The number of esters is 1. The summed E-state index contributed by atoms with van der Waals surface area (Å²) in [6, 6.07) is 8.07. The molecule has 0 aliphatic heterocycles. The lowest BCUT2D eigenvalue weighted by molar-refractivity contribution is 0.0593. The van der Waals surface area contributed by atoms with E-state index in [2.05, 4.69) is 14.7 Å². The van der Waals surface area contributed by atoms with Crippen LogP contribution in [0.2, 0.25) is 0 Å². The first-order valence-electron chi connectivity index (χ1n) is 5.82. The van der Waals surface area contributed by atoms with Gasteiger partial charge < -0.3 is 9.64 Å². The van der Waals surface area contributed by atoms with Gasteiger partial charge in [-0.1, -0.05) is 17.7 Å². The quantitative estimate of drug-likeness (QED) is 0.790. The Morgan fingerprint density at radius 2 is 1.84 bits per heavy atom. The number of carbonyl (C=O) groups excluding carboxylic acids is 1. The summed E-state index contributed by atoms with van der Waals surface area (Å²) in [7, 11) is 3.21. The summed E-state index contributed by atoms with van der Waals surface area (Å²) in [5.41, 5.74) is 2.40. The molecule has 2 aromatic rings. The summed E-state index contributed by atoms with van der Waals surface area (Å²) in [5.74, 6) is 0.175. The standard InChI is InChI=1S/C14H15N3O2/c1-10-4-6-11(7-5-10)17(2)13-9-15-12(8-16-13)14(18)19-3/h4-9H,1-3H3. The zero-order valence-electron chi connectivity index (χ0n) is 11.1. The Balaban J connectivity index is 2.22. The largest absolute Gasteiger partial charge is 0.464 e. The summed E-state index contributed by atoms with van der Waals surface area (Å²) in [4.78, 5) is 21.4. The van der Waals surface area contributed by atoms with Gasteiger partial charge in [0.1, 0.15) is 0 Å². The van der Waals surface area contributed by atoms with E-state index in [4.69, 9.17) is 0 Å². The summed E-state index contributed by atoms with van der Waals surface area (Å²) in [6.45, 7) is 2.04. The van der Waals surface area contributed by atoms with Crippen LogP contribution in [-0.2, 0) is 4.74 Å². The topological polar surface area (TPSA) is 55.3 Å². The number of carbonyl (C=O) groups is 1. The number of ether oxygens (including phenoxy) is 1. The Morgan fingerprint density at radius 3 is 2.37 bits per heavy atom. The molecule has 0 fully saturated rings. The van der Waals surface area contributed by atoms with Gasteiger partial charge in [0.25, 0.3) is 0 Å². The minimum Gasteiger partial charge on any atom is -0.464 e. The second-order valence-electron chi connectivity index (χ2n) is 4.15. The molecule has 0 unspecified atom stereocenters. The fraction of sp³-hybridized carbons (Fsp3) is 0.214. The van der Waals surface area contributed by atoms with E-state index in [-0.39, 0.29) is 5.69 Å². The molecule has 0 aliphatic rings. The maximum absolute atomic E-state index is 11.3. The van der Waals surface area contributed by atoms with E-state index in [1.54, 1.807) is 6.20 Å². The van der Waals surface area contributed by atoms with E-state index < -0.39 is 5.97 Å². The first-order chi connectivity index (χ1) is 9.11. The maximum Gasteiger partial charge on any atom is 0.358 e. The van der Waals surface area contributed by atoms with Crippen LogP contribution in [0.1, 0.15) is 16.1 Å². The van der Waals surface area contributed by atoms with Crippen LogP contribution >= 0.6 is 0 Å². The molecular formula is C14H15N3O2. The fourth-order valence-electron chi connectivity index (χ4n) is 1.61. The Morgan fingerprint density at radius 1 is 1.16 bits per heavy atom. The summed E-state index contributed by atoms with van der Waals surface area (Å²) < 4.78 is 4.58. The first kappa shape index (κ1) is 13.0. The van der Waals surface area contributed by atoms with Crippen LogP contribution in [0.4, 0.5) is 11.5 Å². The molecule has 1 aromatic carbocycles. The van der Waals surface area contributed by atoms with E-state index >= 15 is 0 Å². The van der Waals surface area contributed by atoms with Crippen LogP contribution in [0.5, 0.6) is 0 Å². The Kier molecular flexibility index (Phi) is 3.75. The molecule has 0 aliphatic carbocycles. The molecule has 1 aromatic heterocycles. The van der Waals surface area contributed by atoms with Crippen LogP contribution in [-0.4, -0.2) is 30.1 Å². The van der Waals surface area contributed by atoms with Crippen molar-refractivity contribution in [3.8, 4) is 0 Å². The van der Waals surface area contributed by atoms with Gasteiger partial charge in [0.15, 0.2) is 11.5 Å². The number of nitrogens with zero attached hydrogens (tertiary/aromatic N) is 3. The molecule has 19 heavy (non-hydrogen) atoms. The average Bonchev–Trinajstić information content (AvgIpc) is 2.46. The molecular weight excluding hydrogens is 242 g/mol. The fourth-order valence-corrected chi connectivity index (χ4v) is 1.61. The normalized spacial score (nSPS) is 10.1. The molecule has 0 spiro atoms. The van der Waals surface area contributed by atoms with E-state index in [0.29, 0.717) is 5.82 Å². The summed E-state index contributed by atoms with van der Waals surface area (Å²) in [6.07, 6.45) is 2.96. The molecule has 0 saturated heterocycles. The smallest absolute Gasteiger partial charge is 0.358 e. The molecule has 98 valence electrons. The lowest BCUT2D eigenvalue weighted by Crippen LogP contribution is -2.13. The minimum absolute atomic E-state index is 0.198. The van der Waals surface area contributed by atoms with Gasteiger partial charge >= 0.3 is 5.97 Å². The SMILES string of the molecule is COC(=O)c1cnc(N(C)c2ccc(C)cc2)cn1. The number of rotatable bonds is 3. The molecule has 0 N–H and O–H groups in total. The molecule has 0 radical (unpaired) electrons. The zero-order valence-corrected chi connectivity index (χ0v) is 11.1. The summed E-state index contributed by atoms with van der Waals surface area (Å²) in [5, 5.41) is 0. The van der Waals surface area contributed by atoms with Gasteiger partial charge in [-0.3, -0.25) is 0 Å². The highest BCUT2D eigenvalue weighted by Gasteiger charge is 2.10. The number of aryl methyl sites for hydroxylation is 1. The molecule has 0 bridgehead atoms. The van der Waals surface area contributed by atoms with Crippen molar-refractivity contribution in [3.05, 3.63) is 47.9 Å². The van der Waals surface area contributed by atoms with Crippen molar-refractivity contribution in [2.75, 3.05) is 19.1 Å². The molecule has 0 atom stereocenters. The van der Waals surface area contributed by atoms with Gasteiger partial charge in [0.2, 0.25) is 0 Å². The number of hydrogen-bond acceptors (Lipinski definition) is 5. The van der Waals surface area contributed by atoms with E-state index in [9.17, 15) is 4.79 Å². The molecule has 0 saturated carbocycles. The minimum atomic E-state index is -0.489. The second kappa shape index (κ2) is 5.48. The molecule has 5 heteroatoms. The Hall–Kier alpha value is -2.43. The third-order valence-corrected chi connectivity index (χ3v) is 2.80. The van der Waals surface area contributed by atoms with Crippen molar-refractivity contribution < 1.29 is 9.53 Å². The van der Waals surface area contributed by atoms with E-state index in [0.717, 1.165) is 5.69 Å². The van der Waals surface area contributed by atoms with Gasteiger partial charge in [-0.05, 0) is 19.1 Å². The monoisotopic (exact) mass is 257 g/mol. The van der Waals surface area contributed by atoms with Crippen molar-refractivity contribution in [3.63, 3.8) is 0 Å². The van der Waals surface area contributed by atoms with Gasteiger partial charge in [-0.25, -0.2) is 14.8 Å². The molecule has 5 nitrogen and oxygen atoms in total. The number of methoxy groups -OCH3 is 1. The van der Waals surface area contributed by atoms with E-state index in [1.807, 2.05) is 43.1 Å². The first-order valence-corrected chi connectivity index (χ1v) is 5.82. The second-order valence-corrected chi connectivity index (χ2v) is 4.15. The Labute approximate surface area is 111 Å². The van der Waals surface area contributed by atoms with Gasteiger partial charge in [-0.15, -0.1) is 0 Å². The molecule has 1 heterocycles. The highest BCUT2D eigenvalue weighted by Crippen LogP contribution is 2.21. The van der Waals surface area contributed by atoms with Crippen LogP contribution in [0.25, 0.3) is 0 Å². The van der Waals surface area contributed by atoms with Crippen molar-refractivity contribution in [1.29, 1.82) is 0 Å². The van der Waals surface area contributed by atoms with Gasteiger partial charge in [0, 0.05) is 12.7 Å². The van der Waals surface area contributed by atoms with E-state index in [1.165, 1.54) is 18.9 Å². The van der Waals surface area contributed by atoms with Crippen molar-refractivity contribution in [2.24, 2.45) is 0 Å². The average molecular weight is 257 g/mol. The molecule has 0 amide bonds. The molecule has 2 rings (SSSR count). The third kappa shape index (κ3) is 2.88. The predicted octanol–water partition coefficient (Wildman–Crippen LogP) is 2.34. The highest BCUT2D eigenvalue weighted by atomic mass is 16.5. The van der Waals surface area contributed by atoms with Crippen LogP contribution in [0.3, 0.4) is 0 Å². The lowest BCUT2D eigenvalue weighted by atomic mass is 10.2. The Bertz CT molecular complexity index is 564. The van der Waals surface area contributed by atoms with Crippen molar-refractivity contribution in [1.82, 2.24) is 9.97 Å². The van der Waals surface area contributed by atoms with Gasteiger partial charge in [0.05, 0.1) is 19.5 Å². The number of benzene rings is 1. The van der Waals surface area contributed by atoms with Gasteiger partial charge in [-0.2, -0.15) is 0 Å². The number of hydrogen-bond donors (Lipinski definition) is 0. The van der Waals surface area contributed by atoms with Crippen LogP contribution in [0.15, 0.2) is 36.7 Å². The van der Waals surface area contributed by atoms with Crippen LogP contribution < -0.4 is 4.90 Å². The zero-order chi connectivity index (χ0) is 13.8. The van der Waals surface area contributed by atoms with Crippen molar-refractivity contribution >= 4 is 17.5 Å². The predicted molar refractivity (Wildman–Crippen MR) is 72.6 cm³/mol. The highest BCUT2D eigenvalue weighted by molar-refractivity contribution is 5.86. The lowest BCUT2D eigenvalue weighted by Gasteiger charge is -2.18. The summed E-state index contributed by atoms with van der Waals surface area (Å²) >= 11 is 0. The number of anilines is 2. The van der Waals surface area contributed by atoms with Crippen LogP contribution in [0, 0.1) is 6.92 Å².